The molecule has 4 aliphatic rings. The van der Waals surface area contributed by atoms with E-state index in [0.29, 0.717) is 16.7 Å². The summed E-state index contributed by atoms with van der Waals surface area (Å²) in [5.74, 6) is 4.19. The Kier molecular flexibility index (Phi) is 6.53. The van der Waals surface area contributed by atoms with Gasteiger partial charge in [-0.2, -0.15) is 0 Å². The summed E-state index contributed by atoms with van der Waals surface area (Å²) in [5.41, 5.74) is 4.79. The minimum atomic E-state index is -0.103. The normalized spacial score (nSPS) is 46.0. The lowest BCUT2D eigenvalue weighted by atomic mass is 9.45. The quantitative estimate of drug-likeness (QED) is 0.420. The number of allylic oxidation sites excluding steroid dienone is 2. The lowest BCUT2D eigenvalue weighted by Crippen LogP contribution is -2.54. The summed E-state index contributed by atoms with van der Waals surface area (Å²) in [5, 5.41) is 11.0. The summed E-state index contributed by atoms with van der Waals surface area (Å²) in [6.07, 6.45) is 15.8. The van der Waals surface area contributed by atoms with Crippen LogP contribution in [0.5, 0.6) is 0 Å². The van der Waals surface area contributed by atoms with Crippen molar-refractivity contribution in [3.05, 3.63) is 11.1 Å². The van der Waals surface area contributed by atoms with Crippen molar-refractivity contribution in [1.82, 2.24) is 0 Å². The highest BCUT2D eigenvalue weighted by Crippen LogP contribution is 2.68. The van der Waals surface area contributed by atoms with Crippen molar-refractivity contribution in [3.8, 4) is 0 Å². The summed E-state index contributed by atoms with van der Waals surface area (Å²) in [7, 11) is 0. The minimum Gasteiger partial charge on any atom is -0.393 e. The zero-order valence-electron chi connectivity index (χ0n) is 21.9. The Labute approximate surface area is 193 Å². The maximum atomic E-state index is 11.0. The zero-order valence-corrected chi connectivity index (χ0v) is 21.9. The molecule has 2 saturated carbocycles. The van der Waals surface area contributed by atoms with Crippen molar-refractivity contribution in [1.29, 1.82) is 0 Å². The molecule has 1 nitrogen and oxygen atoms in total. The number of rotatable bonds is 6. The highest BCUT2D eigenvalue weighted by molar-refractivity contribution is 5.35. The molecule has 4 rings (SSSR count). The van der Waals surface area contributed by atoms with Gasteiger partial charge in [-0.1, -0.05) is 78.9 Å². The Morgan fingerprint density at radius 1 is 0.935 bits per heavy atom. The van der Waals surface area contributed by atoms with Gasteiger partial charge in [-0.3, -0.25) is 0 Å². The van der Waals surface area contributed by atoms with Gasteiger partial charge in [-0.15, -0.1) is 0 Å². The first-order valence-corrected chi connectivity index (χ1v) is 14.0. The Balaban J connectivity index is 1.58. The van der Waals surface area contributed by atoms with Gasteiger partial charge in [0.2, 0.25) is 0 Å². The van der Waals surface area contributed by atoms with E-state index in [1.807, 2.05) is 11.1 Å². The molecule has 8 atom stereocenters. The first kappa shape index (κ1) is 23.8. The number of hydrogen-bond acceptors (Lipinski definition) is 1. The van der Waals surface area contributed by atoms with E-state index >= 15 is 0 Å². The van der Waals surface area contributed by atoms with Crippen LogP contribution in [-0.4, -0.2) is 11.2 Å². The van der Waals surface area contributed by atoms with Crippen LogP contribution in [-0.2, 0) is 0 Å². The molecule has 3 unspecified atom stereocenters. The van der Waals surface area contributed by atoms with Gasteiger partial charge in [0.1, 0.15) is 0 Å². The molecule has 178 valence electrons. The van der Waals surface area contributed by atoms with Crippen molar-refractivity contribution in [2.45, 2.75) is 132 Å². The van der Waals surface area contributed by atoms with Crippen LogP contribution >= 0.6 is 0 Å². The Morgan fingerprint density at radius 2 is 1.68 bits per heavy atom. The van der Waals surface area contributed by atoms with Gasteiger partial charge in [0.25, 0.3) is 0 Å². The van der Waals surface area contributed by atoms with Crippen molar-refractivity contribution in [2.24, 2.45) is 45.8 Å². The van der Waals surface area contributed by atoms with E-state index < -0.39 is 0 Å². The molecular weight excluding hydrogens is 376 g/mol. The molecule has 0 amide bonds. The molecular formula is C30H52O. The maximum absolute atomic E-state index is 11.0. The van der Waals surface area contributed by atoms with Crippen LogP contribution in [0.25, 0.3) is 0 Å². The zero-order chi connectivity index (χ0) is 22.6. The first-order chi connectivity index (χ1) is 14.6. The lowest BCUT2D eigenvalue weighted by Gasteiger charge is -2.60. The fourth-order valence-electron chi connectivity index (χ4n) is 9.61. The number of fused-ring (bicyclic) bond motifs is 4. The molecule has 0 spiro atoms. The van der Waals surface area contributed by atoms with Crippen molar-refractivity contribution in [2.75, 3.05) is 0 Å². The second-order valence-corrected chi connectivity index (χ2v) is 13.5. The smallest absolute Gasteiger partial charge is 0.0597 e. The van der Waals surface area contributed by atoms with Gasteiger partial charge in [0.05, 0.1) is 6.10 Å². The van der Waals surface area contributed by atoms with E-state index in [4.69, 9.17) is 0 Å². The SMILES string of the molecule is CCC1(C)C(O)CC[C@]2(C)C3=C(CCC12)[C@@H]1CC[C@H]([C@H](C)CCCC(C)C)[C@@]1(C)CC3. The van der Waals surface area contributed by atoms with Crippen LogP contribution in [0, 0.1) is 45.8 Å². The van der Waals surface area contributed by atoms with Gasteiger partial charge >= 0.3 is 0 Å². The molecule has 4 aliphatic carbocycles. The molecule has 0 aromatic carbocycles. The van der Waals surface area contributed by atoms with Crippen LogP contribution in [0.1, 0.15) is 126 Å². The number of aliphatic hydroxyl groups is 1. The largest absolute Gasteiger partial charge is 0.393 e. The second kappa shape index (κ2) is 8.48. The lowest BCUT2D eigenvalue weighted by molar-refractivity contribution is -0.105. The van der Waals surface area contributed by atoms with E-state index in [1.54, 1.807) is 0 Å². The third kappa shape index (κ3) is 3.68. The van der Waals surface area contributed by atoms with E-state index in [1.165, 1.54) is 64.2 Å². The predicted octanol–water partition coefficient (Wildman–Crippen LogP) is 8.56. The third-order valence-corrected chi connectivity index (χ3v) is 11.7. The van der Waals surface area contributed by atoms with Crippen LogP contribution in [0.4, 0.5) is 0 Å². The molecule has 1 heteroatoms. The molecule has 0 aliphatic heterocycles. The van der Waals surface area contributed by atoms with E-state index in [0.717, 1.165) is 36.5 Å². The van der Waals surface area contributed by atoms with Crippen LogP contribution in [0.15, 0.2) is 11.1 Å². The Bertz CT molecular complexity index is 691. The van der Waals surface area contributed by atoms with Gasteiger partial charge in [0.15, 0.2) is 0 Å². The van der Waals surface area contributed by atoms with E-state index in [2.05, 4.69) is 48.5 Å². The number of hydrogen-bond donors (Lipinski definition) is 1. The Hall–Kier alpha value is -0.300. The van der Waals surface area contributed by atoms with Gasteiger partial charge in [-0.05, 0) is 104 Å². The van der Waals surface area contributed by atoms with Crippen molar-refractivity contribution in [3.63, 3.8) is 0 Å². The van der Waals surface area contributed by atoms with Crippen molar-refractivity contribution >= 4 is 0 Å². The molecule has 0 aromatic heterocycles. The summed E-state index contributed by atoms with van der Waals surface area (Å²) in [4.78, 5) is 0. The van der Waals surface area contributed by atoms with Crippen LogP contribution in [0.2, 0.25) is 0 Å². The minimum absolute atomic E-state index is 0.103. The standard InChI is InChI=1S/C30H52O/c1-8-28(5)26-15-12-22-24-14-13-23(21(4)11-9-10-20(2)3)29(24,6)18-16-25(22)30(26,7)19-17-27(28)31/h20-21,23-24,26-27,31H,8-19H2,1-7H3/t21-,23-,24+,26?,27?,28?,29-,30-/m1/s1. The summed E-state index contributed by atoms with van der Waals surface area (Å²) in [6.45, 7) is 17.3. The molecule has 0 saturated heterocycles. The van der Waals surface area contributed by atoms with Gasteiger partial charge < -0.3 is 5.11 Å². The van der Waals surface area contributed by atoms with E-state index in [9.17, 15) is 5.11 Å². The predicted molar refractivity (Wildman–Crippen MR) is 133 cm³/mol. The molecule has 1 N–H and O–H groups in total. The molecule has 31 heavy (non-hydrogen) atoms. The average molecular weight is 429 g/mol. The van der Waals surface area contributed by atoms with Gasteiger partial charge in [0, 0.05) is 0 Å². The topological polar surface area (TPSA) is 20.2 Å². The van der Waals surface area contributed by atoms with Crippen LogP contribution in [0.3, 0.4) is 0 Å². The fourth-order valence-corrected chi connectivity index (χ4v) is 9.61. The maximum Gasteiger partial charge on any atom is 0.0597 e. The summed E-state index contributed by atoms with van der Waals surface area (Å²) >= 11 is 0. The Morgan fingerprint density at radius 3 is 2.35 bits per heavy atom. The first-order valence-electron chi connectivity index (χ1n) is 14.0. The van der Waals surface area contributed by atoms with Crippen LogP contribution < -0.4 is 0 Å². The molecule has 2 fully saturated rings. The highest BCUT2D eigenvalue weighted by atomic mass is 16.3. The average Bonchev–Trinajstić information content (AvgIpc) is 3.08. The number of aliphatic hydroxyl groups excluding tert-OH is 1. The van der Waals surface area contributed by atoms with Crippen molar-refractivity contribution < 1.29 is 5.11 Å². The molecule has 0 aromatic rings. The third-order valence-electron chi connectivity index (χ3n) is 11.7. The molecule has 0 radical (unpaired) electrons. The monoisotopic (exact) mass is 428 g/mol. The van der Waals surface area contributed by atoms with E-state index in [-0.39, 0.29) is 11.5 Å². The van der Waals surface area contributed by atoms with Gasteiger partial charge in [-0.25, -0.2) is 0 Å². The summed E-state index contributed by atoms with van der Waals surface area (Å²) in [6, 6.07) is 0. The summed E-state index contributed by atoms with van der Waals surface area (Å²) < 4.78 is 0. The second-order valence-electron chi connectivity index (χ2n) is 13.5. The molecule has 0 bridgehead atoms. The highest BCUT2D eigenvalue weighted by Gasteiger charge is 2.59. The molecule has 0 heterocycles. The fraction of sp³-hybridized carbons (Fsp3) is 0.933.